The Hall–Kier alpha value is -1.66. The van der Waals surface area contributed by atoms with Crippen molar-refractivity contribution >= 4 is 17.2 Å². The van der Waals surface area contributed by atoms with E-state index in [-0.39, 0.29) is 11.9 Å². The van der Waals surface area contributed by atoms with Gasteiger partial charge in [0, 0.05) is 19.0 Å². The summed E-state index contributed by atoms with van der Waals surface area (Å²) in [6.45, 7) is 4.56. The van der Waals surface area contributed by atoms with Gasteiger partial charge in [0.25, 0.3) is 5.91 Å². The molecule has 0 saturated carbocycles. The number of likely N-dealkylation sites (tertiary alicyclic amines) is 1. The van der Waals surface area contributed by atoms with Crippen molar-refractivity contribution in [3.05, 3.63) is 39.7 Å². The Labute approximate surface area is 146 Å². The fourth-order valence-electron chi connectivity index (χ4n) is 3.40. The van der Waals surface area contributed by atoms with Crippen LogP contribution in [0, 0.1) is 13.8 Å². The van der Waals surface area contributed by atoms with E-state index in [1.54, 1.807) is 18.4 Å². The molecule has 0 bridgehead atoms. The van der Waals surface area contributed by atoms with E-state index >= 15 is 0 Å². The van der Waals surface area contributed by atoms with Gasteiger partial charge in [-0.3, -0.25) is 4.79 Å². The summed E-state index contributed by atoms with van der Waals surface area (Å²) in [6, 6.07) is 3.59. The zero-order chi connectivity index (χ0) is 17.1. The molecule has 2 aromatic rings. The van der Waals surface area contributed by atoms with E-state index in [2.05, 4.69) is 4.98 Å². The van der Waals surface area contributed by atoms with Crippen LogP contribution in [0.1, 0.15) is 64.3 Å². The monoisotopic (exact) mass is 348 g/mol. The second-order valence-electron chi connectivity index (χ2n) is 6.42. The van der Waals surface area contributed by atoms with Crippen LogP contribution in [0.3, 0.4) is 0 Å². The zero-order valence-corrected chi connectivity index (χ0v) is 15.0. The van der Waals surface area contributed by atoms with Crippen molar-refractivity contribution in [3.8, 4) is 0 Å². The molecule has 2 unspecified atom stereocenters. The number of carbonyl (C=O) groups is 1. The van der Waals surface area contributed by atoms with Crippen LogP contribution in [-0.2, 0) is 0 Å². The number of amides is 1. The van der Waals surface area contributed by atoms with Crippen LogP contribution >= 0.6 is 11.3 Å². The number of hydrogen-bond acceptors (Lipinski definition) is 5. The molecule has 6 heteroatoms. The number of aliphatic hydroxyl groups excluding tert-OH is 1. The molecular weight excluding hydrogens is 324 g/mol. The topological polar surface area (TPSA) is 66.6 Å². The largest absolute Gasteiger partial charge is 0.467 e. The van der Waals surface area contributed by atoms with Crippen molar-refractivity contribution in [2.45, 2.75) is 58.1 Å². The molecule has 0 aliphatic carbocycles. The highest BCUT2D eigenvalue weighted by atomic mass is 32.1. The summed E-state index contributed by atoms with van der Waals surface area (Å²) in [6.07, 6.45) is 5.53. The molecule has 1 saturated heterocycles. The van der Waals surface area contributed by atoms with Crippen LogP contribution in [-0.4, -0.2) is 33.5 Å². The Morgan fingerprint density at radius 1 is 1.46 bits per heavy atom. The van der Waals surface area contributed by atoms with Gasteiger partial charge in [0.1, 0.15) is 16.7 Å². The molecule has 1 fully saturated rings. The predicted octanol–water partition coefficient (Wildman–Crippen LogP) is 3.86. The lowest BCUT2D eigenvalue weighted by Gasteiger charge is -2.31. The maximum absolute atomic E-state index is 13.1. The van der Waals surface area contributed by atoms with Gasteiger partial charge >= 0.3 is 0 Å². The first-order valence-corrected chi connectivity index (χ1v) is 9.34. The summed E-state index contributed by atoms with van der Waals surface area (Å²) in [7, 11) is 0. The van der Waals surface area contributed by atoms with Crippen LogP contribution in [0.2, 0.25) is 0 Å². The highest BCUT2D eigenvalue weighted by Gasteiger charge is 2.30. The Balaban J connectivity index is 1.79. The number of hydrogen-bond donors (Lipinski definition) is 1. The van der Waals surface area contributed by atoms with Crippen LogP contribution < -0.4 is 0 Å². The molecule has 3 heterocycles. The van der Waals surface area contributed by atoms with Crippen molar-refractivity contribution in [2.75, 3.05) is 6.54 Å². The number of nitrogens with zero attached hydrogens (tertiary/aromatic N) is 2. The molecule has 0 radical (unpaired) electrons. The summed E-state index contributed by atoms with van der Waals surface area (Å²) in [5.41, 5.74) is 0.803. The van der Waals surface area contributed by atoms with E-state index in [0.29, 0.717) is 12.2 Å². The van der Waals surface area contributed by atoms with Gasteiger partial charge in [0.15, 0.2) is 0 Å². The van der Waals surface area contributed by atoms with E-state index in [1.807, 2.05) is 18.7 Å². The summed E-state index contributed by atoms with van der Waals surface area (Å²) in [5.74, 6) is 0.619. The number of aromatic nitrogens is 1. The minimum absolute atomic E-state index is 0.0295. The van der Waals surface area contributed by atoms with Gasteiger partial charge in [0.2, 0.25) is 0 Å². The first-order valence-electron chi connectivity index (χ1n) is 8.52. The van der Waals surface area contributed by atoms with Crippen molar-refractivity contribution in [2.24, 2.45) is 0 Å². The second kappa shape index (κ2) is 7.49. The van der Waals surface area contributed by atoms with Gasteiger partial charge in [-0.1, -0.05) is 12.8 Å². The Morgan fingerprint density at radius 3 is 2.96 bits per heavy atom. The number of aryl methyl sites for hydroxylation is 2. The number of rotatable bonds is 4. The quantitative estimate of drug-likeness (QED) is 0.911. The number of carbonyl (C=O) groups excluding carboxylic acids is 1. The van der Waals surface area contributed by atoms with Crippen molar-refractivity contribution in [3.63, 3.8) is 0 Å². The number of aliphatic hydroxyl groups is 1. The smallest absolute Gasteiger partial charge is 0.266 e. The SMILES string of the molecule is Cc1nc(C)c(C(=O)N2CCCCCC2CC(O)c2ccco2)s1. The van der Waals surface area contributed by atoms with Crippen LogP contribution in [0.25, 0.3) is 0 Å². The fraction of sp³-hybridized carbons (Fsp3) is 0.556. The first-order chi connectivity index (χ1) is 11.6. The van der Waals surface area contributed by atoms with E-state index in [0.717, 1.165) is 47.8 Å². The Bertz CT molecular complexity index is 681. The third-order valence-electron chi connectivity index (χ3n) is 4.60. The standard InChI is InChI=1S/C18H24N2O3S/c1-12-17(24-13(2)19-12)18(22)20-9-5-3-4-7-14(20)11-15(21)16-8-6-10-23-16/h6,8,10,14-15,21H,3-5,7,9,11H2,1-2H3. The molecule has 0 spiro atoms. The third-order valence-corrected chi connectivity index (χ3v) is 5.66. The van der Waals surface area contributed by atoms with Crippen LogP contribution in [0.4, 0.5) is 0 Å². The molecule has 1 amide bonds. The molecule has 2 atom stereocenters. The Morgan fingerprint density at radius 2 is 2.29 bits per heavy atom. The molecule has 3 rings (SSSR count). The van der Waals surface area contributed by atoms with E-state index in [9.17, 15) is 9.90 Å². The van der Waals surface area contributed by atoms with Crippen LogP contribution in [0.5, 0.6) is 0 Å². The zero-order valence-electron chi connectivity index (χ0n) is 14.2. The summed E-state index contributed by atoms with van der Waals surface area (Å²) < 4.78 is 5.31. The summed E-state index contributed by atoms with van der Waals surface area (Å²) in [5, 5.41) is 11.4. The molecule has 1 N–H and O–H groups in total. The summed E-state index contributed by atoms with van der Waals surface area (Å²) in [4.78, 5) is 20.1. The minimum Gasteiger partial charge on any atom is -0.467 e. The van der Waals surface area contributed by atoms with Gasteiger partial charge in [-0.2, -0.15) is 0 Å². The molecule has 24 heavy (non-hydrogen) atoms. The molecule has 5 nitrogen and oxygen atoms in total. The first kappa shape index (κ1) is 17.2. The minimum atomic E-state index is -0.678. The number of thiazole rings is 1. The third kappa shape index (κ3) is 3.70. The predicted molar refractivity (Wildman–Crippen MR) is 93.2 cm³/mol. The van der Waals surface area contributed by atoms with Gasteiger partial charge in [-0.15, -0.1) is 11.3 Å². The molecule has 0 aromatic carbocycles. The van der Waals surface area contributed by atoms with E-state index < -0.39 is 6.10 Å². The maximum atomic E-state index is 13.1. The average molecular weight is 348 g/mol. The lowest BCUT2D eigenvalue weighted by Crippen LogP contribution is -2.40. The van der Waals surface area contributed by atoms with Gasteiger partial charge in [-0.05, 0) is 38.8 Å². The van der Waals surface area contributed by atoms with Gasteiger partial charge in [0.05, 0.1) is 17.0 Å². The molecule has 130 valence electrons. The van der Waals surface area contributed by atoms with Gasteiger partial charge < -0.3 is 14.4 Å². The Kier molecular flexibility index (Phi) is 5.36. The van der Waals surface area contributed by atoms with Crippen molar-refractivity contribution in [1.82, 2.24) is 9.88 Å². The van der Waals surface area contributed by atoms with E-state index in [4.69, 9.17) is 4.42 Å². The maximum Gasteiger partial charge on any atom is 0.266 e. The van der Waals surface area contributed by atoms with Gasteiger partial charge in [-0.25, -0.2) is 4.98 Å². The number of furan rings is 1. The molecular formula is C18H24N2O3S. The fourth-order valence-corrected chi connectivity index (χ4v) is 4.28. The molecule has 1 aliphatic heterocycles. The molecule has 1 aliphatic rings. The van der Waals surface area contributed by atoms with E-state index in [1.165, 1.54) is 11.3 Å². The second-order valence-corrected chi connectivity index (χ2v) is 7.62. The molecule has 2 aromatic heterocycles. The van der Waals surface area contributed by atoms with Crippen molar-refractivity contribution in [1.29, 1.82) is 0 Å². The van der Waals surface area contributed by atoms with Crippen LogP contribution in [0.15, 0.2) is 22.8 Å². The summed E-state index contributed by atoms with van der Waals surface area (Å²) >= 11 is 1.46. The highest BCUT2D eigenvalue weighted by molar-refractivity contribution is 7.13. The lowest BCUT2D eigenvalue weighted by atomic mass is 10.0. The normalized spacial score (nSPS) is 20.0. The lowest BCUT2D eigenvalue weighted by molar-refractivity contribution is 0.0561. The average Bonchev–Trinajstić information content (AvgIpc) is 3.13. The van der Waals surface area contributed by atoms with Crippen molar-refractivity contribution < 1.29 is 14.3 Å². The highest BCUT2D eigenvalue weighted by Crippen LogP contribution is 2.29.